The highest BCUT2D eigenvalue weighted by molar-refractivity contribution is 9.11. The van der Waals surface area contributed by atoms with Gasteiger partial charge in [0.15, 0.2) is 0 Å². The number of rotatable bonds is 3. The van der Waals surface area contributed by atoms with Gasteiger partial charge >= 0.3 is 0 Å². The van der Waals surface area contributed by atoms with Crippen LogP contribution in [0.5, 0.6) is 0 Å². The fraction of sp³-hybridized carbons (Fsp3) is 0. The smallest absolute Gasteiger partial charge is 0.0831 e. The summed E-state index contributed by atoms with van der Waals surface area (Å²) in [6.07, 6.45) is 1.93. The maximum atomic E-state index is 4.70. The van der Waals surface area contributed by atoms with E-state index in [2.05, 4.69) is 68.3 Å². The van der Waals surface area contributed by atoms with Crippen molar-refractivity contribution < 1.29 is 0 Å². The highest BCUT2D eigenvalue weighted by atomic mass is 79.9. The van der Waals surface area contributed by atoms with Crippen molar-refractivity contribution in [1.29, 1.82) is 0 Å². The van der Waals surface area contributed by atoms with Gasteiger partial charge in [0.05, 0.1) is 17.6 Å². The van der Waals surface area contributed by atoms with Crippen molar-refractivity contribution in [2.24, 2.45) is 0 Å². The molecule has 1 heterocycles. The highest BCUT2D eigenvalue weighted by Crippen LogP contribution is 2.39. The second-order valence-corrected chi connectivity index (χ2v) is 7.32. The highest BCUT2D eigenvalue weighted by Gasteiger charge is 2.19. The Morgan fingerprint density at radius 2 is 1.16 bits per heavy atom. The third-order valence-electron chi connectivity index (χ3n) is 4.06. The van der Waals surface area contributed by atoms with Crippen LogP contribution >= 0.6 is 31.9 Å². The van der Waals surface area contributed by atoms with E-state index in [1.807, 2.05) is 53.3 Å². The summed E-state index contributed by atoms with van der Waals surface area (Å²) in [5.74, 6) is 0. The summed E-state index contributed by atoms with van der Waals surface area (Å²) in [6.45, 7) is 0. The predicted octanol–water partition coefficient (Wildman–Crippen LogP) is 6.73. The van der Waals surface area contributed by atoms with Crippen molar-refractivity contribution in [1.82, 2.24) is 9.78 Å². The molecular weight excluding hydrogens is 440 g/mol. The lowest BCUT2D eigenvalue weighted by atomic mass is 10.0. The van der Waals surface area contributed by atoms with E-state index in [1.165, 1.54) is 0 Å². The SMILES string of the molecule is Brc1ccccc1-c1cnn(-c2ccccc2)c1-c1ccccc1Br. The summed E-state index contributed by atoms with van der Waals surface area (Å²) in [6, 6.07) is 26.7. The molecule has 1 aromatic heterocycles. The average molecular weight is 454 g/mol. The summed E-state index contributed by atoms with van der Waals surface area (Å²) >= 11 is 7.37. The molecule has 0 saturated heterocycles. The lowest BCUT2D eigenvalue weighted by molar-refractivity contribution is 0.887. The molecule has 122 valence electrons. The normalized spacial score (nSPS) is 10.8. The van der Waals surface area contributed by atoms with Gasteiger partial charge in [0.2, 0.25) is 0 Å². The standard InChI is InChI=1S/C21H14Br2N2/c22-19-12-6-4-10-16(19)18-14-24-25(15-8-2-1-3-9-15)21(18)17-11-5-7-13-20(17)23/h1-14H. The Labute approximate surface area is 163 Å². The lowest BCUT2D eigenvalue weighted by Gasteiger charge is -2.12. The number of aromatic nitrogens is 2. The van der Waals surface area contributed by atoms with Crippen molar-refractivity contribution in [3.63, 3.8) is 0 Å². The molecule has 0 fully saturated rings. The van der Waals surface area contributed by atoms with Crippen molar-refractivity contribution in [2.45, 2.75) is 0 Å². The molecule has 0 radical (unpaired) electrons. The summed E-state index contributed by atoms with van der Waals surface area (Å²) in [7, 11) is 0. The van der Waals surface area contributed by atoms with Gasteiger partial charge in [0.1, 0.15) is 0 Å². The van der Waals surface area contributed by atoms with Gasteiger partial charge in [-0.25, -0.2) is 4.68 Å². The number of halogens is 2. The van der Waals surface area contributed by atoms with E-state index in [1.54, 1.807) is 0 Å². The number of para-hydroxylation sites is 1. The van der Waals surface area contributed by atoms with Crippen LogP contribution in [0, 0.1) is 0 Å². The second kappa shape index (κ2) is 6.98. The molecule has 0 aliphatic carbocycles. The maximum Gasteiger partial charge on any atom is 0.0831 e. The monoisotopic (exact) mass is 452 g/mol. The van der Waals surface area contributed by atoms with Gasteiger partial charge in [-0.3, -0.25) is 0 Å². The topological polar surface area (TPSA) is 17.8 Å². The zero-order chi connectivity index (χ0) is 17.2. The summed E-state index contributed by atoms with van der Waals surface area (Å²) in [5, 5.41) is 4.70. The van der Waals surface area contributed by atoms with Crippen LogP contribution < -0.4 is 0 Å². The Hall–Kier alpha value is -2.17. The first-order valence-corrected chi connectivity index (χ1v) is 9.47. The zero-order valence-electron chi connectivity index (χ0n) is 13.2. The van der Waals surface area contributed by atoms with Crippen LogP contribution in [0.1, 0.15) is 0 Å². The van der Waals surface area contributed by atoms with E-state index in [0.717, 1.165) is 37.0 Å². The van der Waals surface area contributed by atoms with Crippen LogP contribution in [0.4, 0.5) is 0 Å². The Bertz CT molecular complexity index is 1020. The predicted molar refractivity (Wildman–Crippen MR) is 110 cm³/mol. The minimum atomic E-state index is 1.03. The van der Waals surface area contributed by atoms with Gasteiger partial charge in [-0.2, -0.15) is 5.10 Å². The van der Waals surface area contributed by atoms with Gasteiger partial charge in [-0.05, 0) is 29.8 Å². The molecule has 0 unspecified atom stereocenters. The summed E-state index contributed by atoms with van der Waals surface area (Å²) in [4.78, 5) is 0. The van der Waals surface area contributed by atoms with Gasteiger partial charge in [0, 0.05) is 20.1 Å². The van der Waals surface area contributed by atoms with Gasteiger partial charge in [-0.15, -0.1) is 0 Å². The molecule has 3 aromatic carbocycles. The summed E-state index contributed by atoms with van der Waals surface area (Å²) < 4.78 is 4.09. The van der Waals surface area contributed by atoms with Crippen LogP contribution in [0.25, 0.3) is 28.1 Å². The van der Waals surface area contributed by atoms with Gasteiger partial charge < -0.3 is 0 Å². The first-order valence-electron chi connectivity index (χ1n) is 7.89. The van der Waals surface area contributed by atoms with Crippen LogP contribution in [-0.4, -0.2) is 9.78 Å². The molecule has 0 aliphatic heterocycles. The van der Waals surface area contributed by atoms with E-state index in [4.69, 9.17) is 5.10 Å². The van der Waals surface area contributed by atoms with Crippen molar-refractivity contribution in [3.05, 3.63) is 94.0 Å². The largest absolute Gasteiger partial charge is 0.232 e. The van der Waals surface area contributed by atoms with E-state index in [-0.39, 0.29) is 0 Å². The molecule has 4 aromatic rings. The van der Waals surface area contributed by atoms with Crippen LogP contribution in [0.3, 0.4) is 0 Å². The molecule has 4 rings (SSSR count). The third-order valence-corrected chi connectivity index (χ3v) is 5.45. The fourth-order valence-electron chi connectivity index (χ4n) is 2.90. The van der Waals surface area contributed by atoms with Crippen molar-refractivity contribution in [3.8, 4) is 28.1 Å². The first kappa shape index (κ1) is 16.3. The van der Waals surface area contributed by atoms with Crippen LogP contribution in [-0.2, 0) is 0 Å². The molecule has 0 amide bonds. The molecule has 0 spiro atoms. The zero-order valence-corrected chi connectivity index (χ0v) is 16.4. The molecule has 0 saturated carbocycles. The Morgan fingerprint density at radius 3 is 1.80 bits per heavy atom. The minimum absolute atomic E-state index is 1.03. The molecule has 2 nitrogen and oxygen atoms in total. The van der Waals surface area contributed by atoms with Gasteiger partial charge in [-0.1, -0.05) is 86.5 Å². The third kappa shape index (κ3) is 3.08. The molecule has 0 bridgehead atoms. The molecule has 0 N–H and O–H groups in total. The molecular formula is C21H14Br2N2. The fourth-order valence-corrected chi connectivity index (χ4v) is 3.87. The lowest BCUT2D eigenvalue weighted by Crippen LogP contribution is -1.99. The van der Waals surface area contributed by atoms with Crippen LogP contribution in [0.15, 0.2) is 94.0 Å². The van der Waals surface area contributed by atoms with Crippen molar-refractivity contribution >= 4 is 31.9 Å². The molecule has 0 aliphatic rings. The van der Waals surface area contributed by atoms with E-state index in [0.29, 0.717) is 0 Å². The Kier molecular flexibility index (Phi) is 4.55. The molecule has 25 heavy (non-hydrogen) atoms. The maximum absolute atomic E-state index is 4.70. The minimum Gasteiger partial charge on any atom is -0.232 e. The number of nitrogens with zero attached hydrogens (tertiary/aromatic N) is 2. The van der Waals surface area contributed by atoms with E-state index >= 15 is 0 Å². The number of hydrogen-bond donors (Lipinski definition) is 0. The quantitative estimate of drug-likeness (QED) is 0.336. The number of hydrogen-bond acceptors (Lipinski definition) is 1. The molecule has 4 heteroatoms. The summed E-state index contributed by atoms with van der Waals surface area (Å²) in [5.41, 5.74) is 5.41. The Morgan fingerprint density at radius 1 is 0.600 bits per heavy atom. The number of benzene rings is 3. The van der Waals surface area contributed by atoms with E-state index in [9.17, 15) is 0 Å². The molecule has 0 atom stereocenters. The first-order chi connectivity index (χ1) is 12.3. The Balaban J connectivity index is 2.03. The van der Waals surface area contributed by atoms with E-state index < -0.39 is 0 Å². The average Bonchev–Trinajstić information content (AvgIpc) is 3.08. The second-order valence-electron chi connectivity index (χ2n) is 5.61. The van der Waals surface area contributed by atoms with Gasteiger partial charge in [0.25, 0.3) is 0 Å². The van der Waals surface area contributed by atoms with Crippen molar-refractivity contribution in [2.75, 3.05) is 0 Å². The van der Waals surface area contributed by atoms with Crippen LogP contribution in [0.2, 0.25) is 0 Å².